The van der Waals surface area contributed by atoms with Gasteiger partial charge in [-0.1, -0.05) is 24.3 Å². The molecule has 2 amide bonds. The van der Waals surface area contributed by atoms with Crippen LogP contribution >= 0.6 is 0 Å². The number of nitrogens with one attached hydrogen (secondary N) is 1. The Bertz CT molecular complexity index is 733. The van der Waals surface area contributed by atoms with E-state index in [0.29, 0.717) is 18.7 Å². The number of amides is 2. The topological polar surface area (TPSA) is 49.4 Å². The summed E-state index contributed by atoms with van der Waals surface area (Å²) >= 11 is 0. The first kappa shape index (κ1) is 17.7. The zero-order chi connectivity index (χ0) is 17.7. The molecular weight excluding hydrogens is 300 g/mol. The number of benzene rings is 2. The largest absolute Gasteiger partial charge is 0.350 e. The zero-order valence-corrected chi connectivity index (χ0v) is 14.7. The van der Waals surface area contributed by atoms with Crippen LogP contribution in [0.25, 0.3) is 0 Å². The van der Waals surface area contributed by atoms with E-state index in [4.69, 9.17) is 0 Å². The molecule has 0 heterocycles. The van der Waals surface area contributed by atoms with Gasteiger partial charge < -0.3 is 10.2 Å². The van der Waals surface area contributed by atoms with E-state index in [2.05, 4.69) is 11.4 Å². The molecule has 0 spiro atoms. The molecule has 0 unspecified atom stereocenters. The molecule has 0 aromatic heterocycles. The SMILES string of the molecule is CC(=O)N(CCNC(=O)c1ccccc1C)c1cc(C)cc(C)c1. The maximum Gasteiger partial charge on any atom is 0.251 e. The molecule has 0 saturated heterocycles. The third kappa shape index (κ3) is 4.44. The Hall–Kier alpha value is -2.62. The molecule has 2 rings (SSSR count). The third-order valence-electron chi connectivity index (χ3n) is 3.91. The summed E-state index contributed by atoms with van der Waals surface area (Å²) in [5, 5.41) is 2.89. The second kappa shape index (κ2) is 7.77. The Morgan fingerprint density at radius 1 is 1.00 bits per heavy atom. The molecule has 0 radical (unpaired) electrons. The van der Waals surface area contributed by atoms with Crippen LogP contribution in [0.3, 0.4) is 0 Å². The van der Waals surface area contributed by atoms with E-state index in [1.165, 1.54) is 0 Å². The second-order valence-electron chi connectivity index (χ2n) is 6.09. The molecule has 126 valence electrons. The van der Waals surface area contributed by atoms with Crippen molar-refractivity contribution in [3.8, 4) is 0 Å². The van der Waals surface area contributed by atoms with Crippen molar-refractivity contribution in [1.82, 2.24) is 5.32 Å². The average molecular weight is 324 g/mol. The molecule has 0 atom stereocenters. The molecular formula is C20H24N2O2. The number of anilines is 1. The van der Waals surface area contributed by atoms with Gasteiger partial charge in [-0.25, -0.2) is 0 Å². The van der Waals surface area contributed by atoms with Gasteiger partial charge in [-0.15, -0.1) is 0 Å². The number of hydrogen-bond acceptors (Lipinski definition) is 2. The van der Waals surface area contributed by atoms with Gasteiger partial charge in [-0.2, -0.15) is 0 Å². The molecule has 0 aliphatic rings. The number of hydrogen-bond donors (Lipinski definition) is 1. The van der Waals surface area contributed by atoms with Gasteiger partial charge in [0.15, 0.2) is 0 Å². The van der Waals surface area contributed by atoms with Crippen LogP contribution in [0.2, 0.25) is 0 Å². The minimum Gasteiger partial charge on any atom is -0.350 e. The summed E-state index contributed by atoms with van der Waals surface area (Å²) in [6.45, 7) is 8.31. The van der Waals surface area contributed by atoms with Crippen molar-refractivity contribution < 1.29 is 9.59 Å². The Morgan fingerprint density at radius 3 is 2.21 bits per heavy atom. The summed E-state index contributed by atoms with van der Waals surface area (Å²) in [5.41, 5.74) is 4.69. The smallest absolute Gasteiger partial charge is 0.251 e. The molecule has 0 saturated carbocycles. The van der Waals surface area contributed by atoms with Crippen molar-refractivity contribution in [2.24, 2.45) is 0 Å². The summed E-state index contributed by atoms with van der Waals surface area (Å²) < 4.78 is 0. The maximum atomic E-state index is 12.2. The van der Waals surface area contributed by atoms with Gasteiger partial charge in [-0.3, -0.25) is 9.59 Å². The monoisotopic (exact) mass is 324 g/mol. The van der Waals surface area contributed by atoms with Crippen LogP contribution in [0.5, 0.6) is 0 Å². The summed E-state index contributed by atoms with van der Waals surface area (Å²) in [5.74, 6) is -0.151. The van der Waals surface area contributed by atoms with E-state index < -0.39 is 0 Å². The predicted molar refractivity (Wildman–Crippen MR) is 97.5 cm³/mol. The van der Waals surface area contributed by atoms with Gasteiger partial charge >= 0.3 is 0 Å². The Balaban J connectivity index is 2.03. The lowest BCUT2D eigenvalue weighted by molar-refractivity contribution is -0.116. The van der Waals surface area contributed by atoms with Gasteiger partial charge in [-0.05, 0) is 55.7 Å². The van der Waals surface area contributed by atoms with Gasteiger partial charge in [0.25, 0.3) is 5.91 Å². The van der Waals surface area contributed by atoms with Crippen molar-refractivity contribution in [2.45, 2.75) is 27.7 Å². The predicted octanol–water partition coefficient (Wildman–Crippen LogP) is 3.39. The van der Waals surface area contributed by atoms with Crippen LogP contribution < -0.4 is 10.2 Å². The van der Waals surface area contributed by atoms with E-state index >= 15 is 0 Å². The maximum absolute atomic E-state index is 12.2. The molecule has 1 N–H and O–H groups in total. The minimum atomic E-state index is -0.114. The summed E-state index contributed by atoms with van der Waals surface area (Å²) in [6, 6.07) is 13.5. The van der Waals surface area contributed by atoms with Crippen LogP contribution in [0.1, 0.15) is 34.0 Å². The lowest BCUT2D eigenvalue weighted by Gasteiger charge is -2.22. The van der Waals surface area contributed by atoms with Gasteiger partial charge in [0, 0.05) is 31.3 Å². The summed E-state index contributed by atoms with van der Waals surface area (Å²) in [4.78, 5) is 25.9. The number of aryl methyl sites for hydroxylation is 3. The molecule has 2 aromatic rings. The molecule has 0 fully saturated rings. The van der Waals surface area contributed by atoms with E-state index in [1.54, 1.807) is 17.9 Å². The first-order chi connectivity index (χ1) is 11.4. The van der Waals surface area contributed by atoms with Crippen LogP contribution in [0.15, 0.2) is 42.5 Å². The van der Waals surface area contributed by atoms with Crippen molar-refractivity contribution in [3.05, 3.63) is 64.7 Å². The Labute approximate surface area is 143 Å². The standard InChI is InChI=1S/C20H24N2O2/c1-14-11-15(2)13-18(12-14)22(17(4)23)10-9-21-20(24)19-8-6-5-7-16(19)3/h5-8,11-13H,9-10H2,1-4H3,(H,21,24). The highest BCUT2D eigenvalue weighted by atomic mass is 16.2. The highest BCUT2D eigenvalue weighted by Gasteiger charge is 2.13. The van der Waals surface area contributed by atoms with E-state index in [0.717, 1.165) is 22.4 Å². The first-order valence-corrected chi connectivity index (χ1v) is 8.08. The number of nitrogens with zero attached hydrogens (tertiary/aromatic N) is 1. The Morgan fingerprint density at radius 2 is 1.62 bits per heavy atom. The lowest BCUT2D eigenvalue weighted by atomic mass is 10.1. The van der Waals surface area contributed by atoms with Crippen LogP contribution in [0, 0.1) is 20.8 Å². The average Bonchev–Trinajstić information content (AvgIpc) is 2.50. The third-order valence-corrected chi connectivity index (χ3v) is 3.91. The second-order valence-corrected chi connectivity index (χ2v) is 6.09. The van der Waals surface area contributed by atoms with Crippen molar-refractivity contribution in [2.75, 3.05) is 18.0 Å². The molecule has 0 aliphatic carbocycles. The quantitative estimate of drug-likeness (QED) is 0.916. The number of rotatable bonds is 5. The van der Waals surface area contributed by atoms with E-state index in [9.17, 15) is 9.59 Å². The van der Waals surface area contributed by atoms with Crippen LogP contribution in [0.4, 0.5) is 5.69 Å². The number of carbonyl (C=O) groups is 2. The van der Waals surface area contributed by atoms with Gasteiger partial charge in [0.05, 0.1) is 0 Å². The molecule has 4 nitrogen and oxygen atoms in total. The first-order valence-electron chi connectivity index (χ1n) is 8.08. The summed E-state index contributed by atoms with van der Waals surface area (Å²) in [6.07, 6.45) is 0. The Kier molecular flexibility index (Phi) is 5.74. The molecule has 0 aliphatic heterocycles. The van der Waals surface area contributed by atoms with Gasteiger partial charge in [0.1, 0.15) is 0 Å². The fourth-order valence-electron chi connectivity index (χ4n) is 2.78. The van der Waals surface area contributed by atoms with Gasteiger partial charge in [0.2, 0.25) is 5.91 Å². The van der Waals surface area contributed by atoms with Crippen molar-refractivity contribution >= 4 is 17.5 Å². The highest BCUT2D eigenvalue weighted by Crippen LogP contribution is 2.18. The van der Waals surface area contributed by atoms with Crippen LogP contribution in [-0.2, 0) is 4.79 Å². The summed E-state index contributed by atoms with van der Waals surface area (Å²) in [7, 11) is 0. The zero-order valence-electron chi connectivity index (χ0n) is 14.7. The van der Waals surface area contributed by atoms with Crippen molar-refractivity contribution in [3.63, 3.8) is 0 Å². The number of carbonyl (C=O) groups excluding carboxylic acids is 2. The van der Waals surface area contributed by atoms with E-state index in [-0.39, 0.29) is 11.8 Å². The minimum absolute atomic E-state index is 0.0369. The lowest BCUT2D eigenvalue weighted by Crippen LogP contribution is -2.37. The van der Waals surface area contributed by atoms with Crippen molar-refractivity contribution in [1.29, 1.82) is 0 Å². The highest BCUT2D eigenvalue weighted by molar-refractivity contribution is 5.96. The molecule has 0 bridgehead atoms. The molecule has 4 heteroatoms. The van der Waals surface area contributed by atoms with Crippen LogP contribution in [-0.4, -0.2) is 24.9 Å². The van der Waals surface area contributed by atoms with E-state index in [1.807, 2.05) is 51.1 Å². The fourth-order valence-corrected chi connectivity index (χ4v) is 2.78. The normalized spacial score (nSPS) is 10.3. The fraction of sp³-hybridized carbons (Fsp3) is 0.300. The molecule has 24 heavy (non-hydrogen) atoms. The molecule has 2 aromatic carbocycles.